The molecule has 2 aliphatic rings. The molecule has 2 heterocycles. The summed E-state index contributed by atoms with van der Waals surface area (Å²) in [6.07, 6.45) is 3.62. The van der Waals surface area contributed by atoms with Gasteiger partial charge in [-0.2, -0.15) is 8.61 Å². The number of nitrogens with zero attached hydrogens (tertiary/aromatic N) is 2. The van der Waals surface area contributed by atoms with Gasteiger partial charge in [0.05, 0.1) is 9.79 Å². The van der Waals surface area contributed by atoms with E-state index in [2.05, 4.69) is 13.8 Å². The van der Waals surface area contributed by atoms with Crippen LogP contribution in [-0.2, 0) is 20.0 Å². The summed E-state index contributed by atoms with van der Waals surface area (Å²) in [4.78, 5) is 0.329. The Morgan fingerprint density at radius 1 is 0.731 bits per heavy atom. The van der Waals surface area contributed by atoms with Crippen LogP contribution in [0.25, 0.3) is 0 Å². The van der Waals surface area contributed by atoms with Crippen LogP contribution in [0.4, 0.5) is 0 Å². The molecule has 8 heteroatoms. The number of piperidine rings is 2. The average molecular weight is 401 g/mol. The SMILES string of the molecule is CC1CCN(S(=O)(=O)c2ccc(S(=O)(=O)N3CCC[C@@H](C)C3)cc2)CC1. The molecule has 0 N–H and O–H groups in total. The van der Waals surface area contributed by atoms with Crippen LogP contribution in [0, 0.1) is 11.8 Å². The molecule has 1 atom stereocenters. The second-order valence-corrected chi connectivity index (χ2v) is 11.5. The summed E-state index contributed by atoms with van der Waals surface area (Å²) in [6, 6.07) is 5.70. The minimum atomic E-state index is -3.56. The smallest absolute Gasteiger partial charge is 0.207 e. The fraction of sp³-hybridized carbons (Fsp3) is 0.667. The first-order chi connectivity index (χ1) is 12.2. The van der Waals surface area contributed by atoms with Crippen molar-refractivity contribution >= 4 is 20.0 Å². The zero-order chi connectivity index (χ0) is 18.9. The highest BCUT2D eigenvalue weighted by molar-refractivity contribution is 7.89. The first kappa shape index (κ1) is 19.8. The van der Waals surface area contributed by atoms with Gasteiger partial charge in [0.15, 0.2) is 0 Å². The number of hydrogen-bond acceptors (Lipinski definition) is 4. The lowest BCUT2D eigenvalue weighted by Crippen LogP contribution is -2.39. The summed E-state index contributed by atoms with van der Waals surface area (Å²) in [7, 11) is -7.12. The predicted molar refractivity (Wildman–Crippen MR) is 101 cm³/mol. The van der Waals surface area contributed by atoms with Gasteiger partial charge in [-0.1, -0.05) is 13.8 Å². The standard InChI is InChI=1S/C18H28N2O4S2/c1-15-9-12-19(13-10-15)25(21,22)17-5-7-18(8-6-17)26(23,24)20-11-3-4-16(2)14-20/h5-8,15-16H,3-4,9-14H2,1-2H3/t16-/m1/s1. The second-order valence-electron chi connectivity index (χ2n) is 7.67. The Morgan fingerprint density at radius 3 is 1.73 bits per heavy atom. The molecule has 0 aliphatic carbocycles. The van der Waals surface area contributed by atoms with Crippen molar-refractivity contribution in [1.82, 2.24) is 8.61 Å². The molecular formula is C18H28N2O4S2. The Labute approximate surface area is 157 Å². The normalized spacial score (nSPS) is 24.6. The molecular weight excluding hydrogens is 372 g/mol. The van der Waals surface area contributed by atoms with E-state index in [1.54, 1.807) is 0 Å². The van der Waals surface area contributed by atoms with Crippen LogP contribution in [0.15, 0.2) is 34.1 Å². The van der Waals surface area contributed by atoms with Gasteiger partial charge in [-0.25, -0.2) is 16.8 Å². The van der Waals surface area contributed by atoms with Crippen molar-refractivity contribution in [3.05, 3.63) is 24.3 Å². The molecule has 0 saturated carbocycles. The molecule has 0 unspecified atom stereocenters. The zero-order valence-corrected chi connectivity index (χ0v) is 17.1. The van der Waals surface area contributed by atoms with Gasteiger partial charge in [0.25, 0.3) is 0 Å². The highest BCUT2D eigenvalue weighted by Crippen LogP contribution is 2.27. The minimum absolute atomic E-state index is 0.165. The zero-order valence-electron chi connectivity index (χ0n) is 15.5. The van der Waals surface area contributed by atoms with Crippen LogP contribution in [0.3, 0.4) is 0 Å². The van der Waals surface area contributed by atoms with Crippen molar-refractivity contribution in [3.8, 4) is 0 Å². The van der Waals surface area contributed by atoms with E-state index in [0.717, 1.165) is 25.7 Å². The first-order valence-electron chi connectivity index (χ1n) is 9.31. The molecule has 0 aromatic heterocycles. The van der Waals surface area contributed by atoms with Gasteiger partial charge in [0, 0.05) is 26.2 Å². The number of benzene rings is 1. The second kappa shape index (κ2) is 7.58. The van der Waals surface area contributed by atoms with Gasteiger partial charge in [-0.15, -0.1) is 0 Å². The topological polar surface area (TPSA) is 74.8 Å². The van der Waals surface area contributed by atoms with Crippen molar-refractivity contribution in [3.63, 3.8) is 0 Å². The maximum absolute atomic E-state index is 12.8. The van der Waals surface area contributed by atoms with Crippen molar-refractivity contribution in [2.75, 3.05) is 26.2 Å². The summed E-state index contributed by atoms with van der Waals surface area (Å²) in [6.45, 7) is 6.28. The van der Waals surface area contributed by atoms with E-state index in [-0.39, 0.29) is 9.79 Å². The fourth-order valence-electron chi connectivity index (χ4n) is 3.67. The van der Waals surface area contributed by atoms with Crippen LogP contribution in [0.5, 0.6) is 0 Å². The van der Waals surface area contributed by atoms with Crippen molar-refractivity contribution in [2.45, 2.75) is 49.3 Å². The average Bonchev–Trinajstić information content (AvgIpc) is 2.62. The van der Waals surface area contributed by atoms with E-state index in [0.29, 0.717) is 38.0 Å². The van der Waals surface area contributed by atoms with Gasteiger partial charge in [0.1, 0.15) is 0 Å². The van der Waals surface area contributed by atoms with Crippen LogP contribution >= 0.6 is 0 Å². The lowest BCUT2D eigenvalue weighted by atomic mass is 10.0. The van der Waals surface area contributed by atoms with Gasteiger partial charge in [0.2, 0.25) is 20.0 Å². The molecule has 1 aromatic rings. The number of hydrogen-bond donors (Lipinski definition) is 0. The summed E-state index contributed by atoms with van der Waals surface area (Å²) >= 11 is 0. The van der Waals surface area contributed by atoms with E-state index in [1.165, 1.54) is 32.9 Å². The Bertz CT molecular complexity index is 826. The fourth-order valence-corrected chi connectivity index (χ4v) is 6.74. The molecule has 2 aliphatic heterocycles. The van der Waals surface area contributed by atoms with E-state index in [4.69, 9.17) is 0 Å². The Balaban J connectivity index is 1.79. The molecule has 2 saturated heterocycles. The van der Waals surface area contributed by atoms with Crippen molar-refractivity contribution in [1.29, 1.82) is 0 Å². The quantitative estimate of drug-likeness (QED) is 0.778. The maximum atomic E-state index is 12.8. The molecule has 0 radical (unpaired) electrons. The van der Waals surface area contributed by atoms with Gasteiger partial charge >= 0.3 is 0 Å². The third-order valence-corrected chi connectivity index (χ3v) is 9.25. The molecule has 146 valence electrons. The molecule has 2 fully saturated rings. The summed E-state index contributed by atoms with van der Waals surface area (Å²) in [5.41, 5.74) is 0. The molecule has 6 nitrogen and oxygen atoms in total. The van der Waals surface area contributed by atoms with E-state index in [9.17, 15) is 16.8 Å². The Morgan fingerprint density at radius 2 is 1.23 bits per heavy atom. The van der Waals surface area contributed by atoms with E-state index < -0.39 is 20.0 Å². The third-order valence-electron chi connectivity index (χ3n) is 5.46. The molecule has 0 amide bonds. The summed E-state index contributed by atoms with van der Waals surface area (Å²) in [5.74, 6) is 0.889. The molecule has 26 heavy (non-hydrogen) atoms. The van der Waals surface area contributed by atoms with Crippen molar-refractivity contribution in [2.24, 2.45) is 11.8 Å². The molecule has 0 spiro atoms. The largest absolute Gasteiger partial charge is 0.243 e. The van der Waals surface area contributed by atoms with Crippen LogP contribution in [0.1, 0.15) is 39.5 Å². The summed E-state index contributed by atoms with van der Waals surface area (Å²) in [5, 5.41) is 0. The van der Waals surface area contributed by atoms with Gasteiger partial charge < -0.3 is 0 Å². The van der Waals surface area contributed by atoms with Gasteiger partial charge in [-0.3, -0.25) is 0 Å². The van der Waals surface area contributed by atoms with Crippen molar-refractivity contribution < 1.29 is 16.8 Å². The monoisotopic (exact) mass is 400 g/mol. The predicted octanol–water partition coefficient (Wildman–Crippen LogP) is 2.53. The minimum Gasteiger partial charge on any atom is -0.207 e. The lowest BCUT2D eigenvalue weighted by molar-refractivity contribution is 0.281. The van der Waals surface area contributed by atoms with Crippen LogP contribution < -0.4 is 0 Å². The third kappa shape index (κ3) is 3.98. The Kier molecular flexibility index (Phi) is 5.77. The molecule has 1 aromatic carbocycles. The summed E-state index contributed by atoms with van der Waals surface area (Å²) < 4.78 is 54.1. The first-order valence-corrected chi connectivity index (χ1v) is 12.2. The van der Waals surface area contributed by atoms with Gasteiger partial charge in [-0.05, 0) is 61.8 Å². The highest BCUT2D eigenvalue weighted by Gasteiger charge is 2.31. The van der Waals surface area contributed by atoms with Crippen LogP contribution in [-0.4, -0.2) is 51.6 Å². The van der Waals surface area contributed by atoms with Crippen LogP contribution in [0.2, 0.25) is 0 Å². The van der Waals surface area contributed by atoms with E-state index >= 15 is 0 Å². The highest BCUT2D eigenvalue weighted by atomic mass is 32.2. The number of rotatable bonds is 4. The maximum Gasteiger partial charge on any atom is 0.243 e. The lowest BCUT2D eigenvalue weighted by Gasteiger charge is -2.30. The van der Waals surface area contributed by atoms with E-state index in [1.807, 2.05) is 0 Å². The Hall–Kier alpha value is -0.960. The number of sulfonamides is 2. The molecule has 3 rings (SSSR count). The molecule has 0 bridgehead atoms.